The summed E-state index contributed by atoms with van der Waals surface area (Å²) in [6.45, 7) is 3.61. The lowest BCUT2D eigenvalue weighted by molar-refractivity contribution is 0.0985. The summed E-state index contributed by atoms with van der Waals surface area (Å²) in [5, 5.41) is 0.554. The Hall–Kier alpha value is -2.73. The van der Waals surface area contributed by atoms with Gasteiger partial charge in [-0.25, -0.2) is 13.4 Å². The molecule has 0 spiro atoms. The zero-order valence-electron chi connectivity index (χ0n) is 22.6. The van der Waals surface area contributed by atoms with Crippen LogP contribution in [-0.4, -0.2) is 82.5 Å². The van der Waals surface area contributed by atoms with Crippen molar-refractivity contribution in [3.05, 3.63) is 42.0 Å². The van der Waals surface area contributed by atoms with Crippen LogP contribution in [0.25, 0.3) is 10.2 Å². The van der Waals surface area contributed by atoms with E-state index < -0.39 is 10.0 Å². The van der Waals surface area contributed by atoms with E-state index in [1.807, 2.05) is 32.0 Å². The van der Waals surface area contributed by atoms with E-state index in [2.05, 4.69) is 0 Å². The molecule has 4 rings (SSSR count). The number of hydrogen-bond acceptors (Lipinski definition) is 8. The number of carbonyl (C=O) groups excluding carboxylic acids is 1. The first kappa shape index (κ1) is 28.3. The number of benzene rings is 2. The highest BCUT2D eigenvalue weighted by molar-refractivity contribution is 7.89. The van der Waals surface area contributed by atoms with Crippen LogP contribution in [0.3, 0.4) is 0 Å². The van der Waals surface area contributed by atoms with E-state index in [4.69, 9.17) is 14.5 Å². The van der Waals surface area contributed by atoms with Gasteiger partial charge in [0.25, 0.3) is 5.91 Å². The average molecular weight is 561 g/mol. The number of thiazole rings is 1. The number of fused-ring (bicyclic) bond motifs is 1. The predicted molar refractivity (Wildman–Crippen MR) is 151 cm³/mol. The van der Waals surface area contributed by atoms with Gasteiger partial charge in [0.2, 0.25) is 10.0 Å². The number of rotatable bonds is 10. The number of hydrogen-bond donors (Lipinski definition) is 0. The lowest BCUT2D eigenvalue weighted by Gasteiger charge is -2.34. The molecule has 0 bridgehead atoms. The van der Waals surface area contributed by atoms with Crippen LogP contribution in [0.1, 0.15) is 43.0 Å². The smallest absolute Gasteiger partial charge is 0.260 e. The molecule has 1 aliphatic heterocycles. The zero-order chi connectivity index (χ0) is 27.4. The van der Waals surface area contributed by atoms with Crippen molar-refractivity contribution in [1.29, 1.82) is 0 Å². The highest BCUT2D eigenvalue weighted by atomic mass is 32.2. The Kier molecular flexibility index (Phi) is 8.92. The summed E-state index contributed by atoms with van der Waals surface area (Å²) in [5.74, 6) is 0.925. The van der Waals surface area contributed by atoms with Gasteiger partial charge < -0.3 is 14.4 Å². The van der Waals surface area contributed by atoms with Crippen LogP contribution in [-0.2, 0) is 10.0 Å². The maximum atomic E-state index is 13.7. The van der Waals surface area contributed by atoms with Gasteiger partial charge in [-0.1, -0.05) is 24.7 Å². The maximum absolute atomic E-state index is 13.7. The Labute approximate surface area is 229 Å². The van der Waals surface area contributed by atoms with Crippen LogP contribution in [0.5, 0.6) is 11.5 Å². The summed E-state index contributed by atoms with van der Waals surface area (Å²) in [5.41, 5.74) is 1.11. The van der Waals surface area contributed by atoms with Crippen molar-refractivity contribution in [3.63, 3.8) is 0 Å². The molecular formula is C27H36N4O5S2. The minimum Gasteiger partial charge on any atom is -0.493 e. The quantitative estimate of drug-likeness (QED) is 0.361. The third-order valence-corrected chi connectivity index (χ3v) is 9.89. The second kappa shape index (κ2) is 12.0. The van der Waals surface area contributed by atoms with E-state index >= 15 is 0 Å². The van der Waals surface area contributed by atoms with Crippen molar-refractivity contribution in [3.8, 4) is 11.5 Å². The average Bonchev–Trinajstić information content (AvgIpc) is 3.34. The molecular weight excluding hydrogens is 524 g/mol. The Balaban J connectivity index is 1.64. The Morgan fingerprint density at radius 3 is 2.39 bits per heavy atom. The van der Waals surface area contributed by atoms with Crippen LogP contribution in [0.4, 0.5) is 5.13 Å². The van der Waals surface area contributed by atoms with Crippen LogP contribution in [0.2, 0.25) is 0 Å². The third kappa shape index (κ3) is 5.80. The molecule has 2 heterocycles. The van der Waals surface area contributed by atoms with Crippen molar-refractivity contribution in [2.24, 2.45) is 0 Å². The fourth-order valence-electron chi connectivity index (χ4n) is 4.70. The molecule has 0 aliphatic carbocycles. The molecule has 3 aromatic rings. The number of methoxy groups -OCH3 is 2. The van der Waals surface area contributed by atoms with Crippen LogP contribution in [0, 0.1) is 0 Å². The van der Waals surface area contributed by atoms with E-state index in [1.165, 1.54) is 11.3 Å². The van der Waals surface area contributed by atoms with Gasteiger partial charge in [-0.05, 0) is 57.6 Å². The minimum atomic E-state index is -3.62. The van der Waals surface area contributed by atoms with Gasteiger partial charge in [-0.2, -0.15) is 4.31 Å². The Bertz CT molecular complexity index is 1330. The number of ether oxygens (including phenoxy) is 2. The van der Waals surface area contributed by atoms with Crippen molar-refractivity contribution in [2.75, 3.05) is 52.8 Å². The summed E-state index contributed by atoms with van der Waals surface area (Å²) >= 11 is 1.40. The summed E-state index contributed by atoms with van der Waals surface area (Å²) < 4.78 is 40.1. The SMILES string of the molecule is CCC1CCCCN1S(=O)(=O)c1ccc(C(=O)N(CCN(C)C)c2nc3cc(OC)c(OC)cc3s2)cc1. The fourth-order valence-corrected chi connectivity index (χ4v) is 7.47. The number of aromatic nitrogens is 1. The molecule has 1 unspecified atom stereocenters. The number of anilines is 1. The lowest BCUT2D eigenvalue weighted by atomic mass is 10.0. The fraction of sp³-hybridized carbons (Fsp3) is 0.481. The van der Waals surface area contributed by atoms with Gasteiger partial charge in [0, 0.05) is 43.4 Å². The van der Waals surface area contributed by atoms with Crippen LogP contribution in [0.15, 0.2) is 41.3 Å². The standard InChI is InChI=1S/C27H36N4O5S2/c1-6-20-9-7-8-14-31(20)38(33,34)21-12-10-19(11-13-21)26(32)30(16-15-29(2)3)27-28-22-17-23(35-4)24(36-5)18-25(22)37-27/h10-13,17-18,20H,6-9,14-16H2,1-5H3. The Morgan fingerprint density at radius 1 is 1.08 bits per heavy atom. The van der Waals surface area contributed by atoms with Crippen LogP contribution < -0.4 is 14.4 Å². The highest BCUT2D eigenvalue weighted by Gasteiger charge is 2.32. The van der Waals surface area contributed by atoms with Gasteiger partial charge >= 0.3 is 0 Å². The molecule has 0 radical (unpaired) electrons. The summed E-state index contributed by atoms with van der Waals surface area (Å²) in [6, 6.07) is 9.96. The molecule has 38 heavy (non-hydrogen) atoms. The monoisotopic (exact) mass is 560 g/mol. The number of likely N-dealkylation sites (N-methyl/N-ethyl adjacent to an activating group) is 1. The molecule has 9 nitrogen and oxygen atoms in total. The number of amides is 1. The molecule has 1 amide bonds. The van der Waals surface area contributed by atoms with Crippen molar-refractivity contribution in [1.82, 2.24) is 14.2 Å². The van der Waals surface area contributed by atoms with Crippen molar-refractivity contribution >= 4 is 42.6 Å². The second-order valence-electron chi connectivity index (χ2n) is 9.63. The van der Waals surface area contributed by atoms with E-state index in [9.17, 15) is 13.2 Å². The summed E-state index contributed by atoms with van der Waals surface area (Å²) in [6.07, 6.45) is 3.59. The zero-order valence-corrected chi connectivity index (χ0v) is 24.3. The number of piperidine rings is 1. The maximum Gasteiger partial charge on any atom is 0.260 e. The summed E-state index contributed by atoms with van der Waals surface area (Å²) in [4.78, 5) is 22.3. The van der Waals surface area contributed by atoms with E-state index in [1.54, 1.807) is 53.8 Å². The first-order valence-electron chi connectivity index (χ1n) is 12.8. The molecule has 2 aromatic carbocycles. The van der Waals surface area contributed by atoms with Crippen molar-refractivity contribution in [2.45, 2.75) is 43.5 Å². The lowest BCUT2D eigenvalue weighted by Crippen LogP contribution is -2.43. The van der Waals surface area contributed by atoms with Gasteiger partial charge in [-0.3, -0.25) is 9.69 Å². The molecule has 0 N–H and O–H groups in total. The topological polar surface area (TPSA) is 92.3 Å². The highest BCUT2D eigenvalue weighted by Crippen LogP contribution is 2.37. The number of sulfonamides is 1. The normalized spacial score (nSPS) is 16.6. The van der Waals surface area contributed by atoms with Gasteiger partial charge in [0.05, 0.1) is 29.3 Å². The van der Waals surface area contributed by atoms with Gasteiger partial charge in [0.15, 0.2) is 16.6 Å². The molecule has 0 saturated carbocycles. The summed E-state index contributed by atoms with van der Waals surface area (Å²) in [7, 11) is 3.42. The first-order valence-corrected chi connectivity index (χ1v) is 15.1. The molecule has 1 fully saturated rings. The van der Waals surface area contributed by atoms with Crippen molar-refractivity contribution < 1.29 is 22.7 Å². The molecule has 1 aliphatic rings. The van der Waals surface area contributed by atoms with Gasteiger partial charge in [0.1, 0.15) is 0 Å². The third-order valence-electron chi connectivity index (χ3n) is 6.88. The molecule has 11 heteroatoms. The predicted octanol–water partition coefficient (Wildman–Crippen LogP) is 4.48. The van der Waals surface area contributed by atoms with E-state index in [0.717, 1.165) is 30.4 Å². The minimum absolute atomic E-state index is 0.0212. The molecule has 1 atom stereocenters. The first-order chi connectivity index (χ1) is 18.2. The molecule has 1 saturated heterocycles. The van der Waals surface area contributed by atoms with E-state index in [-0.39, 0.29) is 16.8 Å². The molecule has 206 valence electrons. The van der Waals surface area contributed by atoms with Gasteiger partial charge in [-0.15, -0.1) is 0 Å². The number of nitrogens with zero attached hydrogens (tertiary/aromatic N) is 4. The molecule has 1 aromatic heterocycles. The largest absolute Gasteiger partial charge is 0.493 e. The van der Waals surface area contributed by atoms with Crippen LogP contribution >= 0.6 is 11.3 Å². The number of carbonyl (C=O) groups is 1. The Morgan fingerprint density at radius 2 is 1.76 bits per heavy atom. The van der Waals surface area contributed by atoms with E-state index in [0.29, 0.717) is 47.3 Å². The second-order valence-corrected chi connectivity index (χ2v) is 12.5.